The first-order chi connectivity index (χ1) is 6.77. The van der Waals surface area contributed by atoms with Crippen molar-refractivity contribution in [2.24, 2.45) is 5.92 Å². The van der Waals surface area contributed by atoms with Crippen LogP contribution >= 0.6 is 11.6 Å². The lowest BCUT2D eigenvalue weighted by molar-refractivity contribution is -0.105. The van der Waals surface area contributed by atoms with Crippen molar-refractivity contribution >= 4 is 17.9 Å². The average molecular weight is 213 g/mol. The van der Waals surface area contributed by atoms with Crippen molar-refractivity contribution in [3.05, 3.63) is 22.8 Å². The number of hydrogen-bond acceptors (Lipinski definition) is 1. The summed E-state index contributed by atoms with van der Waals surface area (Å²) in [5.41, 5.74) is 0.760. The second-order valence-corrected chi connectivity index (χ2v) is 4.22. The molecule has 1 nitrogen and oxygen atoms in total. The third kappa shape index (κ3) is 3.30. The van der Waals surface area contributed by atoms with Gasteiger partial charge in [0.1, 0.15) is 6.29 Å². The van der Waals surface area contributed by atoms with Crippen molar-refractivity contribution in [1.82, 2.24) is 0 Å². The van der Waals surface area contributed by atoms with Gasteiger partial charge in [-0.2, -0.15) is 0 Å². The van der Waals surface area contributed by atoms with E-state index in [1.54, 1.807) is 0 Å². The molecular formula is C12H17ClO. The molecule has 0 fully saturated rings. The SMILES string of the molecule is CCCCCC1C=CC(Cl)=C(C=O)C1. The van der Waals surface area contributed by atoms with Gasteiger partial charge in [0.15, 0.2) is 0 Å². The van der Waals surface area contributed by atoms with Gasteiger partial charge in [-0.15, -0.1) is 0 Å². The predicted octanol–water partition coefficient (Wildman–Crippen LogP) is 3.83. The molecule has 0 bridgehead atoms. The van der Waals surface area contributed by atoms with Crippen LogP contribution in [-0.4, -0.2) is 6.29 Å². The van der Waals surface area contributed by atoms with E-state index >= 15 is 0 Å². The highest BCUT2D eigenvalue weighted by molar-refractivity contribution is 6.32. The van der Waals surface area contributed by atoms with Crippen LogP contribution in [0.15, 0.2) is 22.8 Å². The van der Waals surface area contributed by atoms with Gasteiger partial charge in [-0.25, -0.2) is 0 Å². The predicted molar refractivity (Wildman–Crippen MR) is 60.3 cm³/mol. The second kappa shape index (κ2) is 6.02. The zero-order valence-electron chi connectivity index (χ0n) is 8.63. The van der Waals surface area contributed by atoms with Gasteiger partial charge in [-0.05, 0) is 24.8 Å². The van der Waals surface area contributed by atoms with E-state index in [1.807, 2.05) is 6.08 Å². The molecule has 1 rings (SSSR count). The normalized spacial score (nSPS) is 21.4. The van der Waals surface area contributed by atoms with Crippen LogP contribution in [0.1, 0.15) is 39.0 Å². The number of rotatable bonds is 5. The molecule has 0 aromatic carbocycles. The summed E-state index contributed by atoms with van der Waals surface area (Å²) in [6.07, 6.45) is 10.6. The minimum atomic E-state index is 0.518. The Kier molecular flexibility index (Phi) is 4.95. The third-order valence-electron chi connectivity index (χ3n) is 2.62. The summed E-state index contributed by atoms with van der Waals surface area (Å²) in [6.45, 7) is 2.20. The molecule has 0 heterocycles. The molecule has 0 radical (unpaired) electrons. The monoisotopic (exact) mass is 212 g/mol. The van der Waals surface area contributed by atoms with Gasteiger partial charge >= 0.3 is 0 Å². The summed E-state index contributed by atoms with van der Waals surface area (Å²) < 4.78 is 0. The van der Waals surface area contributed by atoms with Gasteiger partial charge in [0.25, 0.3) is 0 Å². The number of hydrogen-bond donors (Lipinski definition) is 0. The van der Waals surface area contributed by atoms with Gasteiger partial charge in [0.2, 0.25) is 0 Å². The molecule has 0 N–H and O–H groups in total. The number of carbonyl (C=O) groups excluding carboxylic acids is 1. The molecule has 1 aliphatic rings. The van der Waals surface area contributed by atoms with Gasteiger partial charge in [-0.1, -0.05) is 43.9 Å². The first kappa shape index (κ1) is 11.5. The molecule has 0 aromatic rings. The molecule has 0 spiro atoms. The van der Waals surface area contributed by atoms with E-state index in [4.69, 9.17) is 11.6 Å². The van der Waals surface area contributed by atoms with E-state index in [1.165, 1.54) is 25.7 Å². The smallest absolute Gasteiger partial charge is 0.147 e. The van der Waals surface area contributed by atoms with Crippen LogP contribution in [0.4, 0.5) is 0 Å². The molecule has 1 aliphatic carbocycles. The summed E-state index contributed by atoms with van der Waals surface area (Å²) in [6, 6.07) is 0. The highest BCUT2D eigenvalue weighted by atomic mass is 35.5. The van der Waals surface area contributed by atoms with Crippen molar-refractivity contribution in [3.8, 4) is 0 Å². The van der Waals surface area contributed by atoms with Crippen LogP contribution < -0.4 is 0 Å². The Labute approximate surface area is 90.8 Å². The molecule has 0 amide bonds. The summed E-state index contributed by atoms with van der Waals surface area (Å²) in [5, 5.41) is 0.617. The minimum absolute atomic E-state index is 0.518. The highest BCUT2D eigenvalue weighted by Crippen LogP contribution is 2.27. The first-order valence-corrected chi connectivity index (χ1v) is 5.67. The fourth-order valence-electron chi connectivity index (χ4n) is 1.73. The van der Waals surface area contributed by atoms with Crippen molar-refractivity contribution in [3.63, 3.8) is 0 Å². The third-order valence-corrected chi connectivity index (χ3v) is 2.99. The molecule has 1 unspecified atom stereocenters. The maximum absolute atomic E-state index is 10.7. The number of carbonyl (C=O) groups is 1. The Morgan fingerprint density at radius 2 is 2.36 bits per heavy atom. The molecule has 0 saturated heterocycles. The topological polar surface area (TPSA) is 17.1 Å². The van der Waals surface area contributed by atoms with Crippen LogP contribution in [0.5, 0.6) is 0 Å². The number of allylic oxidation sites excluding steroid dienone is 4. The van der Waals surface area contributed by atoms with E-state index in [9.17, 15) is 4.79 Å². The fourth-order valence-corrected chi connectivity index (χ4v) is 1.93. The van der Waals surface area contributed by atoms with Gasteiger partial charge in [-0.3, -0.25) is 4.79 Å². The lowest BCUT2D eigenvalue weighted by atomic mass is 9.90. The minimum Gasteiger partial charge on any atom is -0.298 e. The Balaban J connectivity index is 2.40. The van der Waals surface area contributed by atoms with Gasteiger partial charge in [0, 0.05) is 10.6 Å². The zero-order chi connectivity index (χ0) is 10.4. The second-order valence-electron chi connectivity index (χ2n) is 3.81. The van der Waals surface area contributed by atoms with Gasteiger partial charge < -0.3 is 0 Å². The molecule has 1 atom stereocenters. The lowest BCUT2D eigenvalue weighted by Crippen LogP contribution is -2.04. The Morgan fingerprint density at radius 1 is 1.57 bits per heavy atom. The quantitative estimate of drug-likeness (QED) is 0.500. The largest absolute Gasteiger partial charge is 0.298 e. The van der Waals surface area contributed by atoms with Crippen molar-refractivity contribution in [2.75, 3.05) is 0 Å². The average Bonchev–Trinajstić information content (AvgIpc) is 2.21. The maximum Gasteiger partial charge on any atom is 0.147 e. The van der Waals surface area contributed by atoms with Crippen molar-refractivity contribution in [2.45, 2.75) is 39.0 Å². The van der Waals surface area contributed by atoms with Crippen LogP contribution in [0.2, 0.25) is 0 Å². The standard InChI is InChI=1S/C12H17ClO/c1-2-3-4-5-10-6-7-12(13)11(8-10)9-14/h6-7,9-10H,2-5,8H2,1H3. The van der Waals surface area contributed by atoms with Crippen LogP contribution in [-0.2, 0) is 4.79 Å². The highest BCUT2D eigenvalue weighted by Gasteiger charge is 2.14. The summed E-state index contributed by atoms with van der Waals surface area (Å²) in [7, 11) is 0. The fraction of sp³-hybridized carbons (Fsp3) is 0.583. The van der Waals surface area contributed by atoms with Crippen molar-refractivity contribution in [1.29, 1.82) is 0 Å². The van der Waals surface area contributed by atoms with Crippen molar-refractivity contribution < 1.29 is 4.79 Å². The van der Waals surface area contributed by atoms with E-state index in [-0.39, 0.29) is 0 Å². The number of halogens is 1. The number of unbranched alkanes of at least 4 members (excludes halogenated alkanes) is 2. The Bertz CT molecular complexity index is 253. The summed E-state index contributed by atoms with van der Waals surface area (Å²) >= 11 is 5.87. The van der Waals surface area contributed by atoms with Crippen LogP contribution in [0.3, 0.4) is 0 Å². The molecular weight excluding hydrogens is 196 g/mol. The molecule has 2 heteroatoms. The van der Waals surface area contributed by atoms with E-state index in [0.717, 1.165) is 18.3 Å². The van der Waals surface area contributed by atoms with Crippen LogP contribution in [0.25, 0.3) is 0 Å². The van der Waals surface area contributed by atoms with E-state index in [2.05, 4.69) is 13.0 Å². The van der Waals surface area contributed by atoms with Gasteiger partial charge in [0.05, 0.1) is 0 Å². The lowest BCUT2D eigenvalue weighted by Gasteiger charge is -2.16. The maximum atomic E-state index is 10.7. The van der Waals surface area contributed by atoms with E-state index < -0.39 is 0 Å². The molecule has 78 valence electrons. The van der Waals surface area contributed by atoms with Crippen LogP contribution in [0, 0.1) is 5.92 Å². The Morgan fingerprint density at radius 3 is 3.00 bits per heavy atom. The molecule has 0 aliphatic heterocycles. The summed E-state index contributed by atoms with van der Waals surface area (Å²) in [4.78, 5) is 10.7. The first-order valence-electron chi connectivity index (χ1n) is 5.30. The molecule has 0 saturated carbocycles. The number of aldehydes is 1. The Hall–Kier alpha value is -0.560. The molecule has 0 aromatic heterocycles. The molecule has 14 heavy (non-hydrogen) atoms. The summed E-state index contributed by atoms with van der Waals surface area (Å²) in [5.74, 6) is 0.518. The van der Waals surface area contributed by atoms with E-state index in [0.29, 0.717) is 11.0 Å². The zero-order valence-corrected chi connectivity index (χ0v) is 9.39.